The Hall–Kier alpha value is -3.67. The lowest BCUT2D eigenvalue weighted by Gasteiger charge is -2.53. The molecule has 5 nitrogen and oxygen atoms in total. The Morgan fingerprint density at radius 2 is 1.00 bits per heavy atom. The van der Waals surface area contributed by atoms with E-state index in [0.29, 0.717) is 6.42 Å². The SMILES string of the molecule is CC(C)(CC1[C@@H](O)C(O[Si](c2ccccc2)(c2ccccc2)C(C)(C)C)[C@@H](CO)O[C@H]1c1ccccc1)[Si](O)(c1ccccc1)c1ccccc1. The summed E-state index contributed by atoms with van der Waals surface area (Å²) < 4.78 is 14.5. The van der Waals surface area contributed by atoms with Crippen molar-refractivity contribution >= 4 is 37.4 Å². The third-order valence-corrected chi connectivity index (χ3v) is 20.5. The van der Waals surface area contributed by atoms with Crippen LogP contribution in [0, 0.1) is 5.92 Å². The van der Waals surface area contributed by atoms with Crippen LogP contribution in [0.3, 0.4) is 0 Å². The molecule has 1 heterocycles. The minimum absolute atomic E-state index is 0.313. The van der Waals surface area contributed by atoms with Crippen molar-refractivity contribution < 1.29 is 24.2 Å². The van der Waals surface area contributed by atoms with Crippen LogP contribution >= 0.6 is 0 Å². The lowest BCUT2D eigenvalue weighted by molar-refractivity contribution is -0.209. The first-order valence-corrected chi connectivity index (χ1v) is 21.9. The number of aliphatic hydroxyl groups is 2. The molecule has 1 saturated heterocycles. The molecule has 3 N–H and O–H groups in total. The van der Waals surface area contributed by atoms with Crippen LogP contribution in [0.2, 0.25) is 10.1 Å². The summed E-state index contributed by atoms with van der Waals surface area (Å²) in [7, 11) is -6.61. The Kier molecular flexibility index (Phi) is 11.0. The fourth-order valence-electron chi connectivity index (χ4n) is 8.44. The summed E-state index contributed by atoms with van der Waals surface area (Å²) in [4.78, 5) is 13.2. The molecule has 5 aromatic carbocycles. The molecule has 51 heavy (non-hydrogen) atoms. The third-order valence-electron chi connectivity index (χ3n) is 11.0. The van der Waals surface area contributed by atoms with Gasteiger partial charge < -0.3 is 24.2 Å². The topological polar surface area (TPSA) is 79.2 Å². The molecule has 5 aromatic rings. The van der Waals surface area contributed by atoms with E-state index in [1.807, 2.05) is 127 Å². The van der Waals surface area contributed by atoms with Crippen LogP contribution < -0.4 is 20.7 Å². The van der Waals surface area contributed by atoms with E-state index in [4.69, 9.17) is 9.16 Å². The summed E-state index contributed by atoms with van der Waals surface area (Å²) in [5, 5.41) is 26.9. The first-order valence-electron chi connectivity index (χ1n) is 18.1. The van der Waals surface area contributed by atoms with Crippen LogP contribution in [0.4, 0.5) is 0 Å². The van der Waals surface area contributed by atoms with E-state index in [1.165, 1.54) is 0 Å². The van der Waals surface area contributed by atoms with Crippen LogP contribution in [0.15, 0.2) is 152 Å². The van der Waals surface area contributed by atoms with Gasteiger partial charge in [-0.3, -0.25) is 0 Å². The summed E-state index contributed by atoms with van der Waals surface area (Å²) in [6, 6.07) is 50.7. The number of hydrogen-bond donors (Lipinski definition) is 3. The van der Waals surface area contributed by atoms with Crippen LogP contribution in [0.5, 0.6) is 0 Å². The molecule has 0 spiro atoms. The normalized spacial score (nSPS) is 21.7. The van der Waals surface area contributed by atoms with Gasteiger partial charge in [-0.25, -0.2) is 0 Å². The Bertz CT molecular complexity index is 1740. The highest BCUT2D eigenvalue weighted by atomic mass is 28.4. The second kappa shape index (κ2) is 15.1. The van der Waals surface area contributed by atoms with Crippen LogP contribution in [0.25, 0.3) is 0 Å². The molecule has 0 bridgehead atoms. The first kappa shape index (κ1) is 37.1. The summed E-state index contributed by atoms with van der Waals surface area (Å²) in [5.41, 5.74) is 0.921. The zero-order valence-corrected chi connectivity index (χ0v) is 32.4. The molecule has 0 amide bonds. The van der Waals surface area contributed by atoms with Gasteiger partial charge in [0.15, 0.2) is 0 Å². The minimum atomic E-state index is -3.45. The van der Waals surface area contributed by atoms with E-state index in [-0.39, 0.29) is 11.6 Å². The average Bonchev–Trinajstić information content (AvgIpc) is 3.16. The van der Waals surface area contributed by atoms with E-state index in [1.54, 1.807) is 0 Å². The summed E-state index contributed by atoms with van der Waals surface area (Å²) >= 11 is 0. The largest absolute Gasteiger partial charge is 0.424 e. The average molecular weight is 717 g/mol. The highest BCUT2D eigenvalue weighted by Gasteiger charge is 2.58. The van der Waals surface area contributed by atoms with Gasteiger partial charge >= 0.3 is 0 Å². The maximum Gasteiger partial charge on any atom is 0.261 e. The van der Waals surface area contributed by atoms with Crippen LogP contribution in [-0.2, 0) is 9.16 Å². The molecule has 0 aromatic heterocycles. The number of aliphatic hydroxyl groups excluding tert-OH is 2. The van der Waals surface area contributed by atoms with Crippen molar-refractivity contribution in [3.05, 3.63) is 157 Å². The Labute approximate surface area is 305 Å². The molecule has 1 fully saturated rings. The highest BCUT2D eigenvalue weighted by Crippen LogP contribution is 2.50. The lowest BCUT2D eigenvalue weighted by atomic mass is 9.78. The standard InChI is InChI=1S/C44H52O5Si2/c1-43(2,3)51(36-27-17-9-18-28-36,37-29-19-10-20-30-37)49-42-39(32-45)48-41(33-21-11-6-12-22-33)38(40(42)46)31-44(4,5)50(47,34-23-13-7-14-24-34)35-25-15-8-16-26-35/h6-30,38-42,45-47H,31-32H2,1-5H3/t38?,39-,40-,41+,42?/m1/s1. The predicted molar refractivity (Wildman–Crippen MR) is 212 cm³/mol. The summed E-state index contributed by atoms with van der Waals surface area (Å²) in [6.45, 7) is 10.6. The van der Waals surface area contributed by atoms with E-state index < -0.39 is 52.0 Å². The van der Waals surface area contributed by atoms with Gasteiger partial charge in [0, 0.05) is 5.92 Å². The van der Waals surface area contributed by atoms with Gasteiger partial charge in [0.1, 0.15) is 12.2 Å². The van der Waals surface area contributed by atoms with Gasteiger partial charge in [-0.05, 0) is 42.8 Å². The Morgan fingerprint density at radius 3 is 1.39 bits per heavy atom. The summed E-state index contributed by atoms with van der Waals surface area (Å²) in [5.74, 6) is -0.472. The van der Waals surface area contributed by atoms with Crippen molar-refractivity contribution in [2.24, 2.45) is 5.92 Å². The van der Waals surface area contributed by atoms with Gasteiger partial charge in [0.2, 0.25) is 0 Å². The zero-order valence-electron chi connectivity index (χ0n) is 30.4. The molecule has 0 aliphatic carbocycles. The van der Waals surface area contributed by atoms with E-state index in [2.05, 4.69) is 58.9 Å². The minimum Gasteiger partial charge on any atom is -0.424 e. The van der Waals surface area contributed by atoms with Gasteiger partial charge in [0.05, 0.1) is 18.8 Å². The Morgan fingerprint density at radius 1 is 0.608 bits per heavy atom. The predicted octanol–water partition coefficient (Wildman–Crippen LogP) is 5.96. The van der Waals surface area contributed by atoms with Crippen molar-refractivity contribution in [1.29, 1.82) is 0 Å². The highest BCUT2D eigenvalue weighted by molar-refractivity contribution is 6.99. The molecule has 7 heteroatoms. The van der Waals surface area contributed by atoms with Gasteiger partial charge in [-0.1, -0.05) is 186 Å². The maximum atomic E-state index is 13.2. The lowest BCUT2D eigenvalue weighted by Crippen LogP contribution is -2.71. The van der Waals surface area contributed by atoms with Crippen LogP contribution in [0.1, 0.15) is 52.7 Å². The fraction of sp³-hybridized carbons (Fsp3) is 0.318. The molecule has 266 valence electrons. The third kappa shape index (κ3) is 6.97. The summed E-state index contributed by atoms with van der Waals surface area (Å²) in [6.07, 6.45) is -2.75. The molecule has 1 aliphatic heterocycles. The molecular weight excluding hydrogens is 665 g/mol. The smallest absolute Gasteiger partial charge is 0.261 e. The maximum absolute atomic E-state index is 13.2. The quantitative estimate of drug-likeness (QED) is 0.147. The van der Waals surface area contributed by atoms with E-state index in [0.717, 1.165) is 26.3 Å². The molecular formula is C44H52O5Si2. The van der Waals surface area contributed by atoms with Gasteiger partial charge in [0.25, 0.3) is 16.6 Å². The Balaban J connectivity index is 1.50. The molecule has 0 radical (unpaired) electrons. The van der Waals surface area contributed by atoms with Crippen molar-refractivity contribution in [2.45, 2.75) is 75.5 Å². The number of ether oxygens (including phenoxy) is 1. The van der Waals surface area contributed by atoms with Crippen molar-refractivity contribution in [1.82, 2.24) is 0 Å². The van der Waals surface area contributed by atoms with Crippen molar-refractivity contribution in [3.8, 4) is 0 Å². The van der Waals surface area contributed by atoms with Crippen molar-refractivity contribution in [3.63, 3.8) is 0 Å². The molecule has 5 atom stereocenters. The van der Waals surface area contributed by atoms with E-state index >= 15 is 0 Å². The molecule has 1 aliphatic rings. The van der Waals surface area contributed by atoms with Crippen molar-refractivity contribution in [2.75, 3.05) is 6.61 Å². The number of hydrogen-bond acceptors (Lipinski definition) is 5. The van der Waals surface area contributed by atoms with Gasteiger partial charge in [-0.15, -0.1) is 0 Å². The molecule has 6 rings (SSSR count). The first-order chi connectivity index (χ1) is 24.4. The second-order valence-electron chi connectivity index (χ2n) is 15.6. The number of rotatable bonds is 11. The van der Waals surface area contributed by atoms with Gasteiger partial charge in [-0.2, -0.15) is 0 Å². The van der Waals surface area contributed by atoms with E-state index in [9.17, 15) is 15.0 Å². The molecule has 0 saturated carbocycles. The zero-order chi connectivity index (χ0) is 36.3. The second-order valence-corrected chi connectivity index (χ2v) is 23.8. The van der Waals surface area contributed by atoms with Crippen LogP contribution in [-0.4, -0.2) is 56.6 Å². The number of benzene rings is 5. The monoisotopic (exact) mass is 716 g/mol. The molecule has 2 unspecified atom stereocenters. The fourth-order valence-corrected chi connectivity index (χ4v) is 16.9.